The molecule has 0 bridgehead atoms. The second-order valence-corrected chi connectivity index (χ2v) is 12.1. The van der Waals surface area contributed by atoms with Gasteiger partial charge in [-0.3, -0.25) is 13.9 Å². The molecule has 1 fully saturated rings. The molecule has 1 aliphatic rings. The molecule has 7 nitrogen and oxygen atoms in total. The fourth-order valence-electron chi connectivity index (χ4n) is 4.36. The van der Waals surface area contributed by atoms with Crippen LogP contribution in [0.3, 0.4) is 0 Å². The van der Waals surface area contributed by atoms with Crippen LogP contribution in [0.25, 0.3) is 0 Å². The summed E-state index contributed by atoms with van der Waals surface area (Å²) in [4.78, 5) is 28.2. The van der Waals surface area contributed by atoms with Crippen molar-refractivity contribution in [3.63, 3.8) is 0 Å². The number of nitrogens with zero attached hydrogens (tertiary/aromatic N) is 2. The van der Waals surface area contributed by atoms with Gasteiger partial charge in [-0.25, -0.2) is 8.42 Å². The quantitative estimate of drug-likeness (QED) is 0.492. The van der Waals surface area contributed by atoms with Crippen molar-refractivity contribution in [2.45, 2.75) is 65.1 Å². The lowest BCUT2D eigenvalue weighted by Gasteiger charge is -2.32. The summed E-state index contributed by atoms with van der Waals surface area (Å²) in [5.74, 6) is -0.659. The van der Waals surface area contributed by atoms with Crippen LogP contribution in [-0.2, 0) is 26.2 Å². The molecule has 2 amide bonds. The van der Waals surface area contributed by atoms with Gasteiger partial charge in [0.2, 0.25) is 21.8 Å². The zero-order valence-corrected chi connectivity index (χ0v) is 23.2. The molecule has 1 atom stereocenters. The Labute approximate surface area is 217 Å². The largest absolute Gasteiger partial charge is 0.352 e. The van der Waals surface area contributed by atoms with Crippen molar-refractivity contribution in [1.29, 1.82) is 0 Å². The highest BCUT2D eigenvalue weighted by molar-refractivity contribution is 9.10. The van der Waals surface area contributed by atoms with Gasteiger partial charge in [0.25, 0.3) is 0 Å². The Morgan fingerprint density at radius 2 is 1.71 bits per heavy atom. The lowest BCUT2D eigenvalue weighted by Crippen LogP contribution is -2.52. The standard InChI is InChI=1S/C26H34BrN3O4S/c1-18-8-7-11-24(19(18)2)30(35(4,33)34)17-25(31)29(16-21-12-14-22(27)15-13-21)20(3)26(32)28-23-9-5-6-10-23/h7-8,11-15,20,23H,5-6,9-10,16-17H2,1-4H3,(H,28,32)/t20-/m1/s1. The van der Waals surface area contributed by atoms with Gasteiger partial charge in [0, 0.05) is 17.1 Å². The van der Waals surface area contributed by atoms with E-state index in [1.807, 2.05) is 44.2 Å². The highest BCUT2D eigenvalue weighted by Crippen LogP contribution is 2.26. The number of rotatable bonds is 9. The fourth-order valence-corrected chi connectivity index (χ4v) is 5.53. The van der Waals surface area contributed by atoms with E-state index in [-0.39, 0.29) is 25.0 Å². The van der Waals surface area contributed by atoms with E-state index in [4.69, 9.17) is 0 Å². The van der Waals surface area contributed by atoms with E-state index < -0.39 is 22.0 Å². The summed E-state index contributed by atoms with van der Waals surface area (Å²) in [6.07, 6.45) is 5.14. The predicted octanol–water partition coefficient (Wildman–Crippen LogP) is 4.31. The first-order chi connectivity index (χ1) is 16.5. The van der Waals surface area contributed by atoms with Crippen molar-refractivity contribution in [2.75, 3.05) is 17.1 Å². The molecule has 3 rings (SSSR count). The Kier molecular flexibility index (Phi) is 8.99. The van der Waals surface area contributed by atoms with Crippen molar-refractivity contribution in [1.82, 2.24) is 10.2 Å². The summed E-state index contributed by atoms with van der Waals surface area (Å²) in [5.41, 5.74) is 3.03. The number of hydrogen-bond acceptors (Lipinski definition) is 4. The number of sulfonamides is 1. The van der Waals surface area contributed by atoms with E-state index in [0.29, 0.717) is 5.69 Å². The van der Waals surface area contributed by atoms with Crippen molar-refractivity contribution in [3.8, 4) is 0 Å². The van der Waals surface area contributed by atoms with Crippen LogP contribution in [0.1, 0.15) is 49.3 Å². The Balaban J connectivity index is 1.90. The molecule has 0 unspecified atom stereocenters. The average molecular weight is 565 g/mol. The van der Waals surface area contributed by atoms with Crippen LogP contribution < -0.4 is 9.62 Å². The number of amides is 2. The molecule has 2 aromatic rings. The van der Waals surface area contributed by atoms with Crippen LogP contribution in [0.15, 0.2) is 46.9 Å². The Hall–Kier alpha value is -2.39. The van der Waals surface area contributed by atoms with E-state index >= 15 is 0 Å². The van der Waals surface area contributed by atoms with Gasteiger partial charge < -0.3 is 10.2 Å². The third-order valence-electron chi connectivity index (χ3n) is 6.66. The monoisotopic (exact) mass is 563 g/mol. The maximum absolute atomic E-state index is 13.7. The number of hydrogen-bond donors (Lipinski definition) is 1. The molecule has 0 aliphatic heterocycles. The zero-order chi connectivity index (χ0) is 25.8. The van der Waals surface area contributed by atoms with Crippen LogP contribution in [0.2, 0.25) is 0 Å². The summed E-state index contributed by atoms with van der Waals surface area (Å²) in [6.45, 7) is 5.24. The number of aryl methyl sites for hydroxylation is 1. The molecule has 1 saturated carbocycles. The summed E-state index contributed by atoms with van der Waals surface area (Å²) in [6, 6.07) is 12.2. The molecular weight excluding hydrogens is 530 g/mol. The first-order valence-corrected chi connectivity index (χ1v) is 14.5. The summed E-state index contributed by atoms with van der Waals surface area (Å²) in [7, 11) is -3.75. The van der Waals surface area contributed by atoms with E-state index in [1.165, 1.54) is 4.90 Å². The zero-order valence-electron chi connectivity index (χ0n) is 20.8. The molecule has 0 spiro atoms. The normalized spacial score (nSPS) is 15.0. The fraction of sp³-hybridized carbons (Fsp3) is 0.462. The van der Waals surface area contributed by atoms with Crippen LogP contribution in [0.5, 0.6) is 0 Å². The molecule has 0 saturated heterocycles. The summed E-state index contributed by atoms with van der Waals surface area (Å²) < 4.78 is 27.5. The minimum atomic E-state index is -3.75. The van der Waals surface area contributed by atoms with E-state index in [0.717, 1.165) is 57.4 Å². The molecule has 9 heteroatoms. The Morgan fingerprint density at radius 3 is 2.31 bits per heavy atom. The van der Waals surface area contributed by atoms with Gasteiger partial charge in [0.15, 0.2) is 0 Å². The smallest absolute Gasteiger partial charge is 0.244 e. The van der Waals surface area contributed by atoms with Crippen molar-refractivity contribution in [2.24, 2.45) is 0 Å². The molecule has 1 N–H and O–H groups in total. The van der Waals surface area contributed by atoms with Gasteiger partial charge in [0.1, 0.15) is 12.6 Å². The van der Waals surface area contributed by atoms with Gasteiger partial charge in [0.05, 0.1) is 11.9 Å². The van der Waals surface area contributed by atoms with Crippen LogP contribution >= 0.6 is 15.9 Å². The Morgan fingerprint density at radius 1 is 1.09 bits per heavy atom. The molecule has 0 heterocycles. The molecule has 0 aromatic heterocycles. The van der Waals surface area contributed by atoms with Crippen LogP contribution in [0.4, 0.5) is 5.69 Å². The van der Waals surface area contributed by atoms with Gasteiger partial charge in [-0.05, 0) is 68.5 Å². The highest BCUT2D eigenvalue weighted by atomic mass is 79.9. The van der Waals surface area contributed by atoms with E-state index in [2.05, 4.69) is 21.2 Å². The number of carbonyl (C=O) groups excluding carboxylic acids is 2. The second-order valence-electron chi connectivity index (χ2n) is 9.30. The predicted molar refractivity (Wildman–Crippen MR) is 143 cm³/mol. The Bertz CT molecular complexity index is 1160. The van der Waals surface area contributed by atoms with Gasteiger partial charge in [-0.2, -0.15) is 0 Å². The van der Waals surface area contributed by atoms with Crippen molar-refractivity contribution < 1.29 is 18.0 Å². The van der Waals surface area contributed by atoms with Gasteiger partial charge in [-0.15, -0.1) is 0 Å². The molecule has 190 valence electrons. The molecule has 0 radical (unpaired) electrons. The molecule has 2 aromatic carbocycles. The first kappa shape index (κ1) is 27.2. The SMILES string of the molecule is Cc1cccc(N(CC(=O)N(Cc2ccc(Br)cc2)[C@H](C)C(=O)NC2CCCC2)S(C)(=O)=O)c1C. The average Bonchev–Trinajstić information content (AvgIpc) is 3.31. The lowest BCUT2D eigenvalue weighted by atomic mass is 10.1. The number of benzene rings is 2. The molecule has 1 aliphatic carbocycles. The third kappa shape index (κ3) is 7.07. The topological polar surface area (TPSA) is 86.8 Å². The summed E-state index contributed by atoms with van der Waals surface area (Å²) in [5, 5.41) is 3.07. The van der Waals surface area contributed by atoms with Crippen molar-refractivity contribution >= 4 is 43.5 Å². The van der Waals surface area contributed by atoms with Gasteiger partial charge >= 0.3 is 0 Å². The summed E-state index contributed by atoms with van der Waals surface area (Å²) >= 11 is 3.42. The number of nitrogens with one attached hydrogen (secondary N) is 1. The van der Waals surface area contributed by atoms with Gasteiger partial charge in [-0.1, -0.05) is 53.0 Å². The number of carbonyl (C=O) groups is 2. The maximum atomic E-state index is 13.7. The first-order valence-electron chi connectivity index (χ1n) is 11.9. The van der Waals surface area contributed by atoms with Crippen molar-refractivity contribution in [3.05, 3.63) is 63.6 Å². The number of anilines is 1. The van der Waals surface area contributed by atoms with Crippen LogP contribution in [-0.4, -0.2) is 50.0 Å². The number of halogens is 1. The minimum Gasteiger partial charge on any atom is -0.352 e. The second kappa shape index (κ2) is 11.6. The molecular formula is C26H34BrN3O4S. The lowest BCUT2D eigenvalue weighted by molar-refractivity contribution is -0.139. The maximum Gasteiger partial charge on any atom is 0.244 e. The van der Waals surface area contributed by atoms with E-state index in [1.54, 1.807) is 19.1 Å². The third-order valence-corrected chi connectivity index (χ3v) is 8.31. The highest BCUT2D eigenvalue weighted by Gasteiger charge is 2.31. The van der Waals surface area contributed by atoms with E-state index in [9.17, 15) is 18.0 Å². The minimum absolute atomic E-state index is 0.122. The van der Waals surface area contributed by atoms with Crippen LogP contribution in [0, 0.1) is 13.8 Å². The molecule has 35 heavy (non-hydrogen) atoms.